The van der Waals surface area contributed by atoms with Crippen molar-refractivity contribution in [2.45, 2.75) is 6.18 Å². The molecule has 0 saturated heterocycles. The van der Waals surface area contributed by atoms with Gasteiger partial charge in [-0.2, -0.15) is 13.2 Å². The molecule has 0 aromatic heterocycles. The fraction of sp³-hybridized carbons (Fsp3) is 0.125. The average Bonchev–Trinajstić information content (AvgIpc) is 1.82. The van der Waals surface area contributed by atoms with Crippen LogP contribution in [0.1, 0.15) is 11.1 Å². The third-order valence-corrected chi connectivity index (χ3v) is 1.25. The molecule has 1 aromatic carbocycles. The molecular weight excluding hydrogens is 172 g/mol. The van der Waals surface area contributed by atoms with Gasteiger partial charge in [-0.25, -0.2) is 4.39 Å². The lowest BCUT2D eigenvalue weighted by atomic mass is 10.1. The third kappa shape index (κ3) is 1.96. The molecule has 64 valence electrons. The molecule has 0 aliphatic heterocycles. The van der Waals surface area contributed by atoms with Gasteiger partial charge < -0.3 is 0 Å². The van der Waals surface area contributed by atoms with Crippen LogP contribution in [0.15, 0.2) is 18.2 Å². The van der Waals surface area contributed by atoms with Crippen LogP contribution in [0.4, 0.5) is 17.6 Å². The van der Waals surface area contributed by atoms with Crippen LogP contribution in [0, 0.1) is 12.7 Å². The largest absolute Gasteiger partial charge is 0.416 e. The summed E-state index contributed by atoms with van der Waals surface area (Å²) in [6.07, 6.45) is -4.55. The van der Waals surface area contributed by atoms with Crippen molar-refractivity contribution in [1.29, 1.82) is 0 Å². The fourth-order valence-electron chi connectivity index (χ4n) is 0.776. The van der Waals surface area contributed by atoms with E-state index in [0.717, 1.165) is 6.07 Å². The molecule has 0 heterocycles. The Hall–Kier alpha value is -1.06. The summed E-state index contributed by atoms with van der Waals surface area (Å²) >= 11 is 0. The van der Waals surface area contributed by atoms with Crippen molar-refractivity contribution in [2.75, 3.05) is 0 Å². The lowest BCUT2D eigenvalue weighted by Gasteiger charge is -2.06. The second kappa shape index (κ2) is 2.77. The monoisotopic (exact) mass is 176 g/mol. The van der Waals surface area contributed by atoms with Crippen LogP contribution in [0.2, 0.25) is 0 Å². The molecule has 0 N–H and O–H groups in total. The summed E-state index contributed by atoms with van der Waals surface area (Å²) in [6, 6.07) is 1.91. The number of benzene rings is 1. The number of hydrogen-bond acceptors (Lipinski definition) is 0. The molecule has 0 unspecified atom stereocenters. The van der Waals surface area contributed by atoms with Crippen molar-refractivity contribution >= 4 is 0 Å². The highest BCUT2D eigenvalue weighted by Crippen LogP contribution is 2.30. The molecule has 0 atom stereocenters. The van der Waals surface area contributed by atoms with Gasteiger partial charge in [0.15, 0.2) is 0 Å². The Morgan fingerprint density at radius 1 is 1.08 bits per heavy atom. The zero-order valence-corrected chi connectivity index (χ0v) is 5.82. The van der Waals surface area contributed by atoms with Gasteiger partial charge in [-0.15, -0.1) is 0 Å². The number of hydrogen-bond donors (Lipinski definition) is 0. The Morgan fingerprint density at radius 2 is 1.67 bits per heavy atom. The van der Waals surface area contributed by atoms with Crippen LogP contribution in [-0.2, 0) is 6.18 Å². The van der Waals surface area contributed by atoms with E-state index in [2.05, 4.69) is 0 Å². The minimum absolute atomic E-state index is 0.234. The van der Waals surface area contributed by atoms with Gasteiger partial charge in [-0.3, -0.25) is 0 Å². The van der Waals surface area contributed by atoms with Crippen molar-refractivity contribution in [1.82, 2.24) is 0 Å². The zero-order valence-electron chi connectivity index (χ0n) is 5.82. The van der Waals surface area contributed by atoms with E-state index >= 15 is 0 Å². The first-order chi connectivity index (χ1) is 5.39. The fourth-order valence-corrected chi connectivity index (χ4v) is 0.776. The van der Waals surface area contributed by atoms with Gasteiger partial charge in [-0.1, -0.05) is 0 Å². The second-order valence-electron chi connectivity index (χ2n) is 2.27. The number of alkyl halides is 3. The first-order valence-corrected chi connectivity index (χ1v) is 3.03. The van der Waals surface area contributed by atoms with Crippen LogP contribution in [0.3, 0.4) is 0 Å². The van der Waals surface area contributed by atoms with E-state index < -0.39 is 17.6 Å². The van der Waals surface area contributed by atoms with E-state index in [1.165, 1.54) is 0 Å². The highest BCUT2D eigenvalue weighted by molar-refractivity contribution is 5.28. The van der Waals surface area contributed by atoms with E-state index in [9.17, 15) is 17.6 Å². The summed E-state index contributed by atoms with van der Waals surface area (Å²) in [5.41, 5.74) is -1.30. The molecule has 0 nitrogen and oxygen atoms in total. The second-order valence-corrected chi connectivity index (χ2v) is 2.27. The highest BCUT2D eigenvalue weighted by Gasteiger charge is 2.30. The maximum atomic E-state index is 12.4. The minimum atomic E-state index is -4.55. The van der Waals surface area contributed by atoms with Gasteiger partial charge >= 0.3 is 6.18 Å². The topological polar surface area (TPSA) is 0 Å². The summed E-state index contributed by atoms with van der Waals surface area (Å²) < 4.78 is 48.2. The molecule has 0 spiro atoms. The SMILES string of the molecule is [CH]c1cc(F)cc(C(F)(F)F)c1. The molecule has 0 aliphatic carbocycles. The summed E-state index contributed by atoms with van der Waals surface area (Å²) in [6.45, 7) is 5.02. The van der Waals surface area contributed by atoms with Crippen molar-refractivity contribution in [2.24, 2.45) is 0 Å². The summed E-state index contributed by atoms with van der Waals surface area (Å²) in [7, 11) is 0. The first-order valence-electron chi connectivity index (χ1n) is 3.03. The summed E-state index contributed by atoms with van der Waals surface area (Å²) in [4.78, 5) is 0. The zero-order chi connectivity index (χ0) is 9.35. The van der Waals surface area contributed by atoms with Crippen LogP contribution in [-0.4, -0.2) is 0 Å². The molecule has 2 radical (unpaired) electrons. The van der Waals surface area contributed by atoms with Crippen molar-refractivity contribution < 1.29 is 17.6 Å². The molecule has 0 aliphatic rings. The Labute approximate surface area is 66.8 Å². The molecule has 0 saturated carbocycles. The quantitative estimate of drug-likeness (QED) is 0.533. The van der Waals surface area contributed by atoms with Crippen LogP contribution < -0.4 is 0 Å². The highest BCUT2D eigenvalue weighted by atomic mass is 19.4. The van der Waals surface area contributed by atoms with Crippen molar-refractivity contribution in [3.63, 3.8) is 0 Å². The van der Waals surface area contributed by atoms with E-state index in [4.69, 9.17) is 6.92 Å². The standard InChI is InChI=1S/C8H4F4/c1-5-2-6(8(10,11)12)4-7(9)3-5/h1-4H. The Bertz CT molecular complexity index is 267. The molecule has 12 heavy (non-hydrogen) atoms. The summed E-state index contributed by atoms with van der Waals surface area (Å²) in [5.74, 6) is -0.984. The number of halogens is 4. The molecule has 4 heteroatoms. The van der Waals surface area contributed by atoms with E-state index in [-0.39, 0.29) is 5.56 Å². The van der Waals surface area contributed by atoms with Crippen molar-refractivity contribution in [3.05, 3.63) is 42.1 Å². The lowest BCUT2D eigenvalue weighted by Crippen LogP contribution is -2.05. The van der Waals surface area contributed by atoms with Gasteiger partial charge in [0.2, 0.25) is 0 Å². The van der Waals surface area contributed by atoms with Crippen LogP contribution in [0.5, 0.6) is 0 Å². The molecule has 0 bridgehead atoms. The van der Waals surface area contributed by atoms with Crippen LogP contribution in [0.25, 0.3) is 0 Å². The third-order valence-electron chi connectivity index (χ3n) is 1.25. The predicted molar refractivity (Wildman–Crippen MR) is 34.8 cm³/mol. The predicted octanol–water partition coefficient (Wildman–Crippen LogP) is 2.90. The smallest absolute Gasteiger partial charge is 0.207 e. The normalized spacial score (nSPS) is 11.8. The van der Waals surface area contributed by atoms with Gasteiger partial charge in [0, 0.05) is 0 Å². The maximum absolute atomic E-state index is 12.4. The maximum Gasteiger partial charge on any atom is 0.416 e. The molecule has 0 amide bonds. The van der Waals surface area contributed by atoms with Crippen molar-refractivity contribution in [3.8, 4) is 0 Å². The lowest BCUT2D eigenvalue weighted by molar-refractivity contribution is -0.137. The Balaban J connectivity index is 3.18. The van der Waals surface area contributed by atoms with Gasteiger partial charge in [0.25, 0.3) is 0 Å². The Morgan fingerprint density at radius 3 is 2.08 bits per heavy atom. The average molecular weight is 176 g/mol. The van der Waals surface area contributed by atoms with E-state index in [1.54, 1.807) is 0 Å². The minimum Gasteiger partial charge on any atom is -0.207 e. The molecule has 0 fully saturated rings. The van der Waals surface area contributed by atoms with Gasteiger partial charge in [-0.05, 0) is 30.7 Å². The number of rotatable bonds is 0. The Kier molecular flexibility index (Phi) is 2.08. The van der Waals surface area contributed by atoms with Crippen LogP contribution >= 0.6 is 0 Å². The van der Waals surface area contributed by atoms with Gasteiger partial charge in [0.1, 0.15) is 5.82 Å². The summed E-state index contributed by atoms with van der Waals surface area (Å²) in [5, 5.41) is 0. The molecular formula is C8H4F4. The van der Waals surface area contributed by atoms with E-state index in [0.29, 0.717) is 12.1 Å². The molecule has 1 aromatic rings. The van der Waals surface area contributed by atoms with Gasteiger partial charge in [0.05, 0.1) is 5.56 Å². The van der Waals surface area contributed by atoms with E-state index in [1.807, 2.05) is 0 Å². The first kappa shape index (κ1) is 9.03. The molecule has 1 rings (SSSR count).